The molecule has 1 fully saturated rings. The smallest absolute Gasteiger partial charge is 0.274 e. The Bertz CT molecular complexity index is 863. The molecule has 0 saturated heterocycles. The van der Waals surface area contributed by atoms with Crippen LogP contribution in [0, 0.1) is 0 Å². The first-order valence-electron chi connectivity index (χ1n) is 9.59. The predicted octanol–water partition coefficient (Wildman–Crippen LogP) is 2.46. The topological polar surface area (TPSA) is 93.4 Å². The highest BCUT2D eigenvalue weighted by molar-refractivity contribution is 7.87. The lowest BCUT2D eigenvalue weighted by atomic mass is 9.68. The molecule has 0 amide bonds. The van der Waals surface area contributed by atoms with Gasteiger partial charge < -0.3 is 10.1 Å². The maximum atomic E-state index is 11.5. The third-order valence-electron chi connectivity index (χ3n) is 5.67. The fourth-order valence-electron chi connectivity index (χ4n) is 3.99. The summed E-state index contributed by atoms with van der Waals surface area (Å²) < 4.78 is 30.9. The van der Waals surface area contributed by atoms with Gasteiger partial charge in [0.05, 0.1) is 7.11 Å². The molecule has 0 unspecified atom stereocenters. The zero-order chi connectivity index (χ0) is 20.0. The maximum Gasteiger partial charge on any atom is 0.274 e. The number of hydrogen-bond donors (Lipinski definition) is 3. The highest BCUT2D eigenvalue weighted by Crippen LogP contribution is 2.40. The van der Waals surface area contributed by atoms with Crippen LogP contribution in [0.5, 0.6) is 5.75 Å². The van der Waals surface area contributed by atoms with Crippen LogP contribution >= 0.6 is 0 Å². The van der Waals surface area contributed by atoms with Gasteiger partial charge in [0.1, 0.15) is 5.75 Å². The van der Waals surface area contributed by atoms with Crippen LogP contribution < -0.4 is 19.9 Å². The summed E-state index contributed by atoms with van der Waals surface area (Å²) >= 11 is 0. The molecular formula is C21H29N3O3S. The number of nitrogens with one attached hydrogen (secondary N) is 2. The molecule has 0 bridgehead atoms. The van der Waals surface area contributed by atoms with E-state index in [-0.39, 0.29) is 5.41 Å². The molecule has 0 heterocycles. The lowest BCUT2D eigenvalue weighted by Gasteiger charge is -2.41. The van der Waals surface area contributed by atoms with E-state index < -0.39 is 10.2 Å². The van der Waals surface area contributed by atoms with E-state index in [2.05, 4.69) is 22.2 Å². The molecule has 152 valence electrons. The van der Waals surface area contributed by atoms with Crippen LogP contribution in [0.2, 0.25) is 0 Å². The van der Waals surface area contributed by atoms with Gasteiger partial charge in [-0.05, 0) is 48.9 Å². The molecular weight excluding hydrogens is 374 g/mol. The van der Waals surface area contributed by atoms with Gasteiger partial charge in [0.15, 0.2) is 0 Å². The van der Waals surface area contributed by atoms with Gasteiger partial charge in [-0.15, -0.1) is 0 Å². The first-order chi connectivity index (χ1) is 13.4. The van der Waals surface area contributed by atoms with Crippen LogP contribution in [0.25, 0.3) is 0 Å². The zero-order valence-corrected chi connectivity index (χ0v) is 17.0. The fourth-order valence-corrected chi connectivity index (χ4v) is 4.47. The fraction of sp³-hybridized carbons (Fsp3) is 0.429. The first kappa shape index (κ1) is 20.8. The monoisotopic (exact) mass is 403 g/mol. The quantitative estimate of drug-likeness (QED) is 0.631. The minimum atomic E-state index is -3.74. The minimum Gasteiger partial charge on any atom is -0.497 e. The number of hydrogen-bond acceptors (Lipinski definition) is 4. The summed E-state index contributed by atoms with van der Waals surface area (Å²) in [6.45, 7) is 1.14. The molecule has 0 aliphatic heterocycles. The molecule has 0 aromatic heterocycles. The number of rotatable bonds is 8. The second-order valence-electron chi connectivity index (χ2n) is 7.52. The Morgan fingerprint density at radius 2 is 1.82 bits per heavy atom. The van der Waals surface area contributed by atoms with Gasteiger partial charge in [-0.3, -0.25) is 0 Å². The lowest BCUT2D eigenvalue weighted by molar-refractivity contribution is 0.245. The van der Waals surface area contributed by atoms with Crippen LogP contribution in [-0.2, 0) is 22.2 Å². The predicted molar refractivity (Wildman–Crippen MR) is 111 cm³/mol. The maximum absolute atomic E-state index is 11.5. The van der Waals surface area contributed by atoms with E-state index in [1.807, 2.05) is 42.5 Å². The van der Waals surface area contributed by atoms with Crippen molar-refractivity contribution in [3.05, 3.63) is 65.7 Å². The third kappa shape index (κ3) is 5.54. The molecule has 6 nitrogen and oxygen atoms in total. The van der Waals surface area contributed by atoms with E-state index in [0.717, 1.165) is 43.5 Å². The van der Waals surface area contributed by atoms with Gasteiger partial charge in [-0.2, -0.15) is 8.42 Å². The molecule has 0 spiro atoms. The second-order valence-corrected chi connectivity index (χ2v) is 8.90. The second kappa shape index (κ2) is 9.05. The molecule has 0 radical (unpaired) electrons. The molecule has 7 heteroatoms. The van der Waals surface area contributed by atoms with Crippen molar-refractivity contribution in [3.63, 3.8) is 0 Å². The Morgan fingerprint density at radius 3 is 2.46 bits per heavy atom. The molecule has 4 N–H and O–H groups in total. The first-order valence-corrected chi connectivity index (χ1v) is 11.1. The Balaban J connectivity index is 1.70. The SMILES string of the molecule is COc1cccc(C2(CNS(N)(=O)=O)CCC(NCc3ccccc3)CC2)c1. The van der Waals surface area contributed by atoms with Crippen molar-refractivity contribution < 1.29 is 13.2 Å². The van der Waals surface area contributed by atoms with Crippen molar-refractivity contribution in [2.45, 2.75) is 43.7 Å². The Labute approximate surface area is 167 Å². The summed E-state index contributed by atoms with van der Waals surface area (Å²) in [5.41, 5.74) is 2.07. The highest BCUT2D eigenvalue weighted by Gasteiger charge is 2.37. The average molecular weight is 404 g/mol. The molecule has 3 rings (SSSR count). The average Bonchev–Trinajstić information content (AvgIpc) is 2.72. The Kier molecular flexibility index (Phi) is 6.72. The summed E-state index contributed by atoms with van der Waals surface area (Å²) in [5.74, 6) is 0.775. The number of nitrogens with two attached hydrogens (primary N) is 1. The third-order valence-corrected chi connectivity index (χ3v) is 6.22. The normalized spacial score (nSPS) is 22.7. The number of benzene rings is 2. The highest BCUT2D eigenvalue weighted by atomic mass is 32.2. The Hall–Kier alpha value is -1.93. The van der Waals surface area contributed by atoms with Gasteiger partial charge in [0.2, 0.25) is 0 Å². The van der Waals surface area contributed by atoms with Gasteiger partial charge >= 0.3 is 0 Å². The largest absolute Gasteiger partial charge is 0.497 e. The summed E-state index contributed by atoms with van der Waals surface area (Å²) in [6, 6.07) is 18.7. The molecule has 28 heavy (non-hydrogen) atoms. The molecule has 1 aliphatic carbocycles. The van der Waals surface area contributed by atoms with E-state index in [0.29, 0.717) is 12.6 Å². The van der Waals surface area contributed by atoms with E-state index in [1.54, 1.807) is 7.11 Å². The van der Waals surface area contributed by atoms with Crippen LogP contribution in [0.3, 0.4) is 0 Å². The van der Waals surface area contributed by atoms with Crippen LogP contribution in [0.4, 0.5) is 0 Å². The van der Waals surface area contributed by atoms with Crippen molar-refractivity contribution in [3.8, 4) is 5.75 Å². The molecule has 2 aromatic rings. The molecule has 2 aromatic carbocycles. The van der Waals surface area contributed by atoms with E-state index in [4.69, 9.17) is 9.88 Å². The van der Waals surface area contributed by atoms with Crippen molar-refractivity contribution in [1.82, 2.24) is 10.0 Å². The summed E-state index contributed by atoms with van der Waals surface area (Å²) in [6.07, 6.45) is 3.68. The van der Waals surface area contributed by atoms with E-state index >= 15 is 0 Å². The summed E-state index contributed by atoms with van der Waals surface area (Å²) in [5, 5.41) is 8.84. The Morgan fingerprint density at radius 1 is 1.11 bits per heavy atom. The standard InChI is InChI=1S/C21H29N3O3S/c1-27-20-9-5-8-18(14-20)21(16-24-28(22,25)26)12-10-19(11-13-21)23-15-17-6-3-2-4-7-17/h2-9,14,19,23-24H,10-13,15-16H2,1H3,(H2,22,25,26). The van der Waals surface area contributed by atoms with Crippen molar-refractivity contribution >= 4 is 10.2 Å². The van der Waals surface area contributed by atoms with Gasteiger partial charge in [0, 0.05) is 24.5 Å². The van der Waals surface area contributed by atoms with Crippen LogP contribution in [0.1, 0.15) is 36.8 Å². The molecule has 1 aliphatic rings. The minimum absolute atomic E-state index is 0.286. The van der Waals surface area contributed by atoms with Gasteiger partial charge in [-0.1, -0.05) is 42.5 Å². The lowest BCUT2D eigenvalue weighted by Crippen LogP contribution is -2.47. The van der Waals surface area contributed by atoms with Crippen LogP contribution in [0.15, 0.2) is 54.6 Å². The van der Waals surface area contributed by atoms with E-state index in [1.165, 1.54) is 5.56 Å². The number of ether oxygens (including phenoxy) is 1. The number of methoxy groups -OCH3 is 1. The van der Waals surface area contributed by atoms with Crippen molar-refractivity contribution in [2.24, 2.45) is 5.14 Å². The van der Waals surface area contributed by atoms with Crippen molar-refractivity contribution in [2.75, 3.05) is 13.7 Å². The van der Waals surface area contributed by atoms with Crippen molar-refractivity contribution in [1.29, 1.82) is 0 Å². The van der Waals surface area contributed by atoms with Crippen LogP contribution in [-0.4, -0.2) is 28.1 Å². The van der Waals surface area contributed by atoms with Gasteiger partial charge in [0.25, 0.3) is 10.2 Å². The van der Waals surface area contributed by atoms with Gasteiger partial charge in [-0.25, -0.2) is 9.86 Å². The summed E-state index contributed by atoms with van der Waals surface area (Å²) in [7, 11) is -2.10. The molecule has 0 atom stereocenters. The molecule has 1 saturated carbocycles. The summed E-state index contributed by atoms with van der Waals surface area (Å²) in [4.78, 5) is 0. The van der Waals surface area contributed by atoms with E-state index in [9.17, 15) is 8.42 Å². The zero-order valence-electron chi connectivity index (χ0n) is 16.2.